The van der Waals surface area contributed by atoms with Gasteiger partial charge >= 0.3 is 0 Å². The summed E-state index contributed by atoms with van der Waals surface area (Å²) in [5.74, 6) is 2.35. The summed E-state index contributed by atoms with van der Waals surface area (Å²) in [6.07, 6.45) is 3.29. The SMILES string of the molecule is COc1cc(CCCN(C)C)ccc1OCCC(C)C. The first-order valence-corrected chi connectivity index (χ1v) is 7.47. The zero-order chi connectivity index (χ0) is 15.0. The molecule has 0 aliphatic heterocycles. The van der Waals surface area contributed by atoms with E-state index in [0.29, 0.717) is 5.92 Å². The number of ether oxygens (including phenoxy) is 2. The lowest BCUT2D eigenvalue weighted by molar-refractivity contribution is 0.273. The van der Waals surface area contributed by atoms with Crippen molar-refractivity contribution < 1.29 is 9.47 Å². The summed E-state index contributed by atoms with van der Waals surface area (Å²) in [6, 6.07) is 6.27. The first-order chi connectivity index (χ1) is 9.52. The van der Waals surface area contributed by atoms with Crippen LogP contribution in [0.3, 0.4) is 0 Å². The molecule has 0 saturated heterocycles. The number of methoxy groups -OCH3 is 1. The molecule has 0 aliphatic rings. The van der Waals surface area contributed by atoms with Crippen molar-refractivity contribution >= 4 is 0 Å². The summed E-state index contributed by atoms with van der Waals surface area (Å²) >= 11 is 0. The Labute approximate surface area is 123 Å². The van der Waals surface area contributed by atoms with Crippen LogP contribution in [0.25, 0.3) is 0 Å². The van der Waals surface area contributed by atoms with E-state index in [9.17, 15) is 0 Å². The summed E-state index contributed by atoms with van der Waals surface area (Å²) in [6.45, 7) is 6.26. The maximum Gasteiger partial charge on any atom is 0.161 e. The van der Waals surface area contributed by atoms with Crippen LogP contribution in [-0.4, -0.2) is 39.3 Å². The molecule has 0 spiro atoms. The number of benzene rings is 1. The summed E-state index contributed by atoms with van der Waals surface area (Å²) in [4.78, 5) is 2.21. The quantitative estimate of drug-likeness (QED) is 0.689. The molecule has 1 aromatic carbocycles. The van der Waals surface area contributed by atoms with Crippen LogP contribution in [0, 0.1) is 5.92 Å². The Morgan fingerprint density at radius 3 is 2.50 bits per heavy atom. The number of hydrogen-bond donors (Lipinski definition) is 0. The third kappa shape index (κ3) is 6.29. The van der Waals surface area contributed by atoms with Crippen LogP contribution in [0.1, 0.15) is 32.3 Å². The zero-order valence-corrected chi connectivity index (χ0v) is 13.6. The summed E-state index contributed by atoms with van der Waals surface area (Å²) in [5.41, 5.74) is 1.31. The third-order valence-corrected chi connectivity index (χ3v) is 3.25. The van der Waals surface area contributed by atoms with Gasteiger partial charge in [0.05, 0.1) is 13.7 Å². The van der Waals surface area contributed by atoms with E-state index in [0.717, 1.165) is 43.9 Å². The molecule has 0 aromatic heterocycles. The molecule has 0 unspecified atom stereocenters. The van der Waals surface area contributed by atoms with Gasteiger partial charge in [0.2, 0.25) is 0 Å². The molecule has 1 rings (SSSR count). The highest BCUT2D eigenvalue weighted by Gasteiger charge is 2.06. The van der Waals surface area contributed by atoms with Crippen LogP contribution >= 0.6 is 0 Å². The summed E-state index contributed by atoms with van der Waals surface area (Å²) < 4.78 is 11.2. The fourth-order valence-corrected chi connectivity index (χ4v) is 1.99. The van der Waals surface area contributed by atoms with Crippen molar-refractivity contribution in [2.24, 2.45) is 5.92 Å². The van der Waals surface area contributed by atoms with Gasteiger partial charge in [-0.15, -0.1) is 0 Å². The van der Waals surface area contributed by atoms with Crippen molar-refractivity contribution in [3.8, 4) is 11.5 Å². The van der Waals surface area contributed by atoms with Crippen LogP contribution in [-0.2, 0) is 6.42 Å². The topological polar surface area (TPSA) is 21.7 Å². The molecule has 3 heteroatoms. The number of rotatable bonds is 9. The van der Waals surface area contributed by atoms with Crippen molar-refractivity contribution in [1.82, 2.24) is 4.90 Å². The Kier molecular flexibility index (Phi) is 7.45. The van der Waals surface area contributed by atoms with Crippen LogP contribution in [0.2, 0.25) is 0 Å². The van der Waals surface area contributed by atoms with E-state index in [1.807, 2.05) is 6.07 Å². The first-order valence-electron chi connectivity index (χ1n) is 7.47. The van der Waals surface area contributed by atoms with Gasteiger partial charge in [-0.3, -0.25) is 0 Å². The van der Waals surface area contributed by atoms with Crippen LogP contribution < -0.4 is 9.47 Å². The van der Waals surface area contributed by atoms with E-state index >= 15 is 0 Å². The molecular formula is C17H29NO2. The molecule has 0 saturated carbocycles. The van der Waals surface area contributed by atoms with Crippen molar-refractivity contribution in [2.75, 3.05) is 34.4 Å². The number of nitrogens with zero attached hydrogens (tertiary/aromatic N) is 1. The lowest BCUT2D eigenvalue weighted by atomic mass is 10.1. The van der Waals surface area contributed by atoms with Gasteiger partial charge in [0, 0.05) is 0 Å². The normalized spacial score (nSPS) is 11.2. The first kappa shape index (κ1) is 16.8. The molecule has 0 atom stereocenters. The zero-order valence-electron chi connectivity index (χ0n) is 13.6. The molecule has 114 valence electrons. The highest BCUT2D eigenvalue weighted by molar-refractivity contribution is 5.43. The van der Waals surface area contributed by atoms with Gasteiger partial charge in [0.15, 0.2) is 11.5 Å². The standard InChI is InChI=1S/C17H29NO2/c1-14(2)10-12-20-16-9-8-15(13-17(16)19-5)7-6-11-18(3)4/h8-9,13-14H,6-7,10-12H2,1-5H3. The van der Waals surface area contributed by atoms with Crippen molar-refractivity contribution in [1.29, 1.82) is 0 Å². The maximum atomic E-state index is 5.80. The van der Waals surface area contributed by atoms with Gasteiger partial charge in [-0.05, 0) is 63.5 Å². The summed E-state index contributed by atoms with van der Waals surface area (Å²) in [7, 11) is 5.91. The second kappa shape index (κ2) is 8.85. The average Bonchev–Trinajstić information content (AvgIpc) is 2.39. The largest absolute Gasteiger partial charge is 0.493 e. The minimum Gasteiger partial charge on any atom is -0.493 e. The molecule has 0 amide bonds. The molecule has 0 bridgehead atoms. The van der Waals surface area contributed by atoms with Gasteiger partial charge in [0.25, 0.3) is 0 Å². The van der Waals surface area contributed by atoms with E-state index in [1.165, 1.54) is 5.56 Å². The van der Waals surface area contributed by atoms with E-state index in [1.54, 1.807) is 7.11 Å². The second-order valence-corrected chi connectivity index (χ2v) is 5.92. The monoisotopic (exact) mass is 279 g/mol. The van der Waals surface area contributed by atoms with Gasteiger partial charge in [-0.1, -0.05) is 19.9 Å². The van der Waals surface area contributed by atoms with Crippen LogP contribution in [0.5, 0.6) is 11.5 Å². The Balaban J connectivity index is 2.56. The van der Waals surface area contributed by atoms with Gasteiger partial charge in [0.1, 0.15) is 0 Å². The minimum absolute atomic E-state index is 0.659. The predicted molar refractivity (Wildman–Crippen MR) is 84.8 cm³/mol. The highest BCUT2D eigenvalue weighted by Crippen LogP contribution is 2.28. The number of aryl methyl sites for hydroxylation is 1. The Morgan fingerprint density at radius 1 is 1.15 bits per heavy atom. The Morgan fingerprint density at radius 2 is 1.90 bits per heavy atom. The van der Waals surface area contributed by atoms with Gasteiger partial charge < -0.3 is 14.4 Å². The molecule has 0 aliphatic carbocycles. The van der Waals surface area contributed by atoms with E-state index in [2.05, 4.69) is 45.0 Å². The molecule has 0 fully saturated rings. The fraction of sp³-hybridized carbons (Fsp3) is 0.647. The van der Waals surface area contributed by atoms with Crippen LogP contribution in [0.4, 0.5) is 0 Å². The second-order valence-electron chi connectivity index (χ2n) is 5.92. The third-order valence-electron chi connectivity index (χ3n) is 3.25. The minimum atomic E-state index is 0.659. The maximum absolute atomic E-state index is 5.80. The molecule has 0 N–H and O–H groups in total. The number of hydrogen-bond acceptors (Lipinski definition) is 3. The molecule has 0 radical (unpaired) electrons. The molecule has 3 nitrogen and oxygen atoms in total. The van der Waals surface area contributed by atoms with Gasteiger partial charge in [-0.25, -0.2) is 0 Å². The molecule has 0 heterocycles. The molecule has 20 heavy (non-hydrogen) atoms. The highest BCUT2D eigenvalue weighted by atomic mass is 16.5. The Hall–Kier alpha value is -1.22. The fourth-order valence-electron chi connectivity index (χ4n) is 1.99. The lowest BCUT2D eigenvalue weighted by Gasteiger charge is -2.14. The van der Waals surface area contributed by atoms with E-state index < -0.39 is 0 Å². The van der Waals surface area contributed by atoms with Crippen molar-refractivity contribution in [2.45, 2.75) is 33.1 Å². The van der Waals surface area contributed by atoms with Gasteiger partial charge in [-0.2, -0.15) is 0 Å². The van der Waals surface area contributed by atoms with E-state index in [-0.39, 0.29) is 0 Å². The van der Waals surface area contributed by atoms with Crippen molar-refractivity contribution in [3.63, 3.8) is 0 Å². The Bertz CT molecular complexity index is 389. The van der Waals surface area contributed by atoms with E-state index in [4.69, 9.17) is 9.47 Å². The average molecular weight is 279 g/mol. The van der Waals surface area contributed by atoms with Crippen molar-refractivity contribution in [3.05, 3.63) is 23.8 Å². The molecule has 1 aromatic rings. The van der Waals surface area contributed by atoms with Crippen LogP contribution in [0.15, 0.2) is 18.2 Å². The smallest absolute Gasteiger partial charge is 0.161 e. The summed E-state index contributed by atoms with van der Waals surface area (Å²) in [5, 5.41) is 0. The molecular weight excluding hydrogens is 250 g/mol. The predicted octanol–water partition coefficient (Wildman–Crippen LogP) is 3.61. The lowest BCUT2D eigenvalue weighted by Crippen LogP contribution is -2.13.